The Bertz CT molecular complexity index is 1020. The average Bonchev–Trinajstić information content (AvgIpc) is 3.08. The Kier molecular flexibility index (Phi) is 4.64. The Labute approximate surface area is 168 Å². The molecule has 3 aromatic carbocycles. The van der Waals surface area contributed by atoms with Crippen molar-refractivity contribution in [3.63, 3.8) is 0 Å². The molecular formula is C28H28. The van der Waals surface area contributed by atoms with Crippen molar-refractivity contribution in [3.05, 3.63) is 111 Å². The van der Waals surface area contributed by atoms with Gasteiger partial charge in [-0.2, -0.15) is 0 Å². The summed E-state index contributed by atoms with van der Waals surface area (Å²) in [5.41, 5.74) is 12.2. The van der Waals surface area contributed by atoms with Gasteiger partial charge in [-0.25, -0.2) is 0 Å². The van der Waals surface area contributed by atoms with Gasteiger partial charge >= 0.3 is 0 Å². The van der Waals surface area contributed by atoms with E-state index >= 15 is 0 Å². The second-order valence-electron chi connectivity index (χ2n) is 8.46. The van der Waals surface area contributed by atoms with Crippen molar-refractivity contribution in [2.45, 2.75) is 51.4 Å². The van der Waals surface area contributed by atoms with Crippen LogP contribution in [0.5, 0.6) is 0 Å². The van der Waals surface area contributed by atoms with Crippen LogP contribution in [-0.4, -0.2) is 0 Å². The van der Waals surface area contributed by atoms with Crippen LogP contribution in [0.3, 0.4) is 0 Å². The summed E-state index contributed by atoms with van der Waals surface area (Å²) in [4.78, 5) is 0. The van der Waals surface area contributed by atoms with Crippen LogP contribution in [0, 0.1) is 0 Å². The molecule has 0 N–H and O–H groups in total. The van der Waals surface area contributed by atoms with Crippen LogP contribution in [-0.2, 0) is 25.7 Å². The number of rotatable bonds is 4. The molecule has 2 aliphatic carbocycles. The maximum atomic E-state index is 2.54. The van der Waals surface area contributed by atoms with Gasteiger partial charge in [-0.05, 0) is 84.4 Å². The molecule has 0 radical (unpaired) electrons. The predicted octanol–water partition coefficient (Wildman–Crippen LogP) is 6.90. The molecule has 0 fully saturated rings. The number of aryl methyl sites for hydroxylation is 3. The van der Waals surface area contributed by atoms with E-state index in [0.717, 1.165) is 12.8 Å². The Hall–Kier alpha value is -2.60. The van der Waals surface area contributed by atoms with Gasteiger partial charge in [0.2, 0.25) is 0 Å². The number of allylic oxidation sites excluding steroid dienone is 1. The van der Waals surface area contributed by atoms with Crippen molar-refractivity contribution in [1.29, 1.82) is 0 Å². The molecule has 0 amide bonds. The molecule has 2 aliphatic rings. The lowest BCUT2D eigenvalue weighted by Gasteiger charge is -2.24. The summed E-state index contributed by atoms with van der Waals surface area (Å²) in [5, 5.41) is 0. The third kappa shape index (κ3) is 3.22. The minimum atomic E-state index is 0.430. The lowest BCUT2D eigenvalue weighted by molar-refractivity contribution is 0.674. The van der Waals surface area contributed by atoms with Gasteiger partial charge in [0.25, 0.3) is 0 Å². The van der Waals surface area contributed by atoms with E-state index in [4.69, 9.17) is 0 Å². The zero-order valence-electron chi connectivity index (χ0n) is 16.7. The summed E-state index contributed by atoms with van der Waals surface area (Å²) in [6, 6.07) is 24.9. The van der Waals surface area contributed by atoms with Crippen molar-refractivity contribution < 1.29 is 0 Å². The molecular weight excluding hydrogens is 336 g/mol. The monoisotopic (exact) mass is 364 g/mol. The highest BCUT2D eigenvalue weighted by atomic mass is 14.3. The highest BCUT2D eigenvalue weighted by Crippen LogP contribution is 2.42. The highest BCUT2D eigenvalue weighted by Gasteiger charge is 2.26. The lowest BCUT2D eigenvalue weighted by atomic mass is 9.80. The fraction of sp³-hybridized carbons (Fsp3) is 0.286. The zero-order chi connectivity index (χ0) is 18.9. The van der Waals surface area contributed by atoms with Crippen LogP contribution >= 0.6 is 0 Å². The van der Waals surface area contributed by atoms with Crippen LogP contribution in [0.15, 0.2) is 72.3 Å². The van der Waals surface area contributed by atoms with Gasteiger partial charge in [0.15, 0.2) is 0 Å². The average molecular weight is 365 g/mol. The van der Waals surface area contributed by atoms with E-state index in [-0.39, 0.29) is 0 Å². The van der Waals surface area contributed by atoms with Crippen LogP contribution in [0.4, 0.5) is 0 Å². The molecule has 28 heavy (non-hydrogen) atoms. The summed E-state index contributed by atoms with van der Waals surface area (Å²) in [6.07, 6.45) is 9.85. The Morgan fingerprint density at radius 2 is 1.61 bits per heavy atom. The van der Waals surface area contributed by atoms with E-state index in [1.165, 1.54) is 53.5 Å². The standard InChI is InChI=1S/C28H28/c1-20-17-22-11-6-8-14-27(22)28(20)25-18-23-12-5-7-13-26(23)24(19-25)16-15-21-9-3-2-4-10-21/h2-4,6,8-11,14,17-19,28H,5,7,12-13,15-16H2,1H3. The molecule has 0 heterocycles. The maximum Gasteiger partial charge on any atom is 0.0305 e. The van der Waals surface area contributed by atoms with Crippen LogP contribution in [0.25, 0.3) is 6.08 Å². The molecule has 1 unspecified atom stereocenters. The Balaban J connectivity index is 1.54. The topological polar surface area (TPSA) is 0 Å². The maximum absolute atomic E-state index is 2.54. The van der Waals surface area contributed by atoms with Gasteiger partial charge in [0.05, 0.1) is 0 Å². The number of benzene rings is 3. The molecule has 0 aromatic heterocycles. The van der Waals surface area contributed by atoms with Crippen molar-refractivity contribution in [1.82, 2.24) is 0 Å². The molecule has 0 nitrogen and oxygen atoms in total. The molecule has 0 saturated carbocycles. The molecule has 0 saturated heterocycles. The first-order chi connectivity index (χ1) is 13.8. The number of hydrogen-bond donors (Lipinski definition) is 0. The smallest absolute Gasteiger partial charge is 0.0305 e. The number of hydrogen-bond acceptors (Lipinski definition) is 0. The SMILES string of the molecule is CC1=Cc2ccccc2C1c1cc2c(c(CCc3ccccc3)c1)CCCC2. The minimum Gasteiger partial charge on any atom is -0.0622 e. The van der Waals surface area contributed by atoms with Crippen LogP contribution < -0.4 is 0 Å². The van der Waals surface area contributed by atoms with Crippen LogP contribution in [0.2, 0.25) is 0 Å². The largest absolute Gasteiger partial charge is 0.0622 e. The normalized spacial score (nSPS) is 17.8. The van der Waals surface area contributed by atoms with E-state index in [2.05, 4.69) is 79.7 Å². The second kappa shape index (κ2) is 7.43. The molecule has 0 heteroatoms. The van der Waals surface area contributed by atoms with E-state index in [1.807, 2.05) is 0 Å². The van der Waals surface area contributed by atoms with E-state index < -0.39 is 0 Å². The summed E-state index contributed by atoms with van der Waals surface area (Å²) in [6.45, 7) is 2.30. The first-order valence-electron chi connectivity index (χ1n) is 10.8. The van der Waals surface area contributed by atoms with E-state index in [1.54, 1.807) is 16.7 Å². The molecule has 5 rings (SSSR count). The third-order valence-electron chi connectivity index (χ3n) is 6.58. The predicted molar refractivity (Wildman–Crippen MR) is 119 cm³/mol. The molecule has 140 valence electrons. The highest BCUT2D eigenvalue weighted by molar-refractivity contribution is 5.69. The number of fused-ring (bicyclic) bond motifs is 2. The fourth-order valence-electron chi connectivity index (χ4n) is 5.22. The summed E-state index contributed by atoms with van der Waals surface area (Å²) >= 11 is 0. The van der Waals surface area contributed by atoms with E-state index in [9.17, 15) is 0 Å². The zero-order valence-corrected chi connectivity index (χ0v) is 16.7. The van der Waals surface area contributed by atoms with Crippen molar-refractivity contribution in [3.8, 4) is 0 Å². The van der Waals surface area contributed by atoms with Crippen LogP contribution in [0.1, 0.15) is 64.6 Å². The second-order valence-corrected chi connectivity index (χ2v) is 8.46. The van der Waals surface area contributed by atoms with Crippen molar-refractivity contribution in [2.75, 3.05) is 0 Å². The summed E-state index contributed by atoms with van der Waals surface area (Å²) < 4.78 is 0. The first-order valence-corrected chi connectivity index (χ1v) is 10.8. The first kappa shape index (κ1) is 17.5. The molecule has 3 aromatic rings. The van der Waals surface area contributed by atoms with Crippen molar-refractivity contribution >= 4 is 6.08 Å². The summed E-state index contributed by atoms with van der Waals surface area (Å²) in [7, 11) is 0. The van der Waals surface area contributed by atoms with Gasteiger partial charge in [-0.15, -0.1) is 0 Å². The Morgan fingerprint density at radius 1 is 0.821 bits per heavy atom. The Morgan fingerprint density at radius 3 is 2.50 bits per heavy atom. The quantitative estimate of drug-likeness (QED) is 0.472. The van der Waals surface area contributed by atoms with Crippen molar-refractivity contribution in [2.24, 2.45) is 0 Å². The molecule has 0 bridgehead atoms. The third-order valence-corrected chi connectivity index (χ3v) is 6.58. The van der Waals surface area contributed by atoms with Gasteiger partial charge < -0.3 is 0 Å². The van der Waals surface area contributed by atoms with Gasteiger partial charge in [-0.3, -0.25) is 0 Å². The molecule has 0 spiro atoms. The minimum absolute atomic E-state index is 0.430. The van der Waals surface area contributed by atoms with Gasteiger partial charge in [0.1, 0.15) is 0 Å². The van der Waals surface area contributed by atoms with E-state index in [0.29, 0.717) is 5.92 Å². The van der Waals surface area contributed by atoms with Gasteiger partial charge in [0, 0.05) is 5.92 Å². The van der Waals surface area contributed by atoms with Gasteiger partial charge in [-0.1, -0.05) is 78.4 Å². The lowest BCUT2D eigenvalue weighted by Crippen LogP contribution is -2.11. The fourth-order valence-corrected chi connectivity index (χ4v) is 5.22. The molecule has 0 aliphatic heterocycles. The molecule has 1 atom stereocenters. The summed E-state index contributed by atoms with van der Waals surface area (Å²) in [5.74, 6) is 0.430.